The van der Waals surface area contributed by atoms with Gasteiger partial charge in [0, 0.05) is 13.1 Å². The second-order valence-corrected chi connectivity index (χ2v) is 5.27. The highest BCUT2D eigenvalue weighted by atomic mass is 32.2. The molecule has 3 nitrogen and oxygen atoms in total. The largest absolute Gasteiger partial charge is 0.379 e. The van der Waals surface area contributed by atoms with Crippen molar-refractivity contribution in [2.45, 2.75) is 18.2 Å². The minimum absolute atomic E-state index is 0.679. The second kappa shape index (κ2) is 5.57. The van der Waals surface area contributed by atoms with E-state index in [-0.39, 0.29) is 0 Å². The Kier molecular flexibility index (Phi) is 4.09. The molecule has 1 atom stereocenters. The molecular formula is C12H17NO2S. The van der Waals surface area contributed by atoms with Crippen LogP contribution in [0.5, 0.6) is 0 Å². The van der Waals surface area contributed by atoms with E-state index >= 15 is 0 Å². The first kappa shape index (κ1) is 11.8. The average Bonchev–Trinajstić information content (AvgIpc) is 2.39. The van der Waals surface area contributed by atoms with Crippen molar-refractivity contribution in [2.24, 2.45) is 0 Å². The third-order valence-corrected chi connectivity index (χ3v) is 4.25. The van der Waals surface area contributed by atoms with E-state index in [9.17, 15) is 4.21 Å². The fraction of sp³-hybridized carbons (Fsp3) is 0.500. The van der Waals surface area contributed by atoms with Crippen molar-refractivity contribution >= 4 is 11.0 Å². The van der Waals surface area contributed by atoms with Crippen molar-refractivity contribution in [1.82, 2.24) is 4.31 Å². The molecule has 0 N–H and O–H groups in total. The van der Waals surface area contributed by atoms with E-state index in [0.717, 1.165) is 24.4 Å². The Balaban J connectivity index is 2.07. The molecule has 0 saturated carbocycles. The molecule has 2 rings (SSSR count). The molecule has 1 heterocycles. The van der Waals surface area contributed by atoms with Crippen molar-refractivity contribution in [1.29, 1.82) is 0 Å². The van der Waals surface area contributed by atoms with E-state index < -0.39 is 11.0 Å². The Hall–Kier alpha value is -0.710. The summed E-state index contributed by atoms with van der Waals surface area (Å²) in [4.78, 5) is 0.888. The first-order valence-corrected chi connectivity index (χ1v) is 6.75. The normalized spacial score (nSPS) is 19.6. The van der Waals surface area contributed by atoms with Crippen molar-refractivity contribution < 1.29 is 8.95 Å². The highest BCUT2D eigenvalue weighted by Gasteiger charge is 2.17. The highest BCUT2D eigenvalue weighted by Crippen LogP contribution is 2.13. The van der Waals surface area contributed by atoms with Crippen LogP contribution in [0.3, 0.4) is 0 Å². The summed E-state index contributed by atoms with van der Waals surface area (Å²) < 4.78 is 19.4. The van der Waals surface area contributed by atoms with Crippen LogP contribution in [0.4, 0.5) is 0 Å². The molecule has 4 heteroatoms. The number of aryl methyl sites for hydroxylation is 1. The molecule has 88 valence electrons. The van der Waals surface area contributed by atoms with Crippen LogP contribution in [0, 0.1) is 0 Å². The zero-order chi connectivity index (χ0) is 11.4. The lowest BCUT2D eigenvalue weighted by atomic mass is 10.2. The van der Waals surface area contributed by atoms with Gasteiger partial charge in [0.25, 0.3) is 0 Å². The molecular weight excluding hydrogens is 222 g/mol. The first-order chi connectivity index (χ1) is 7.81. The van der Waals surface area contributed by atoms with Gasteiger partial charge in [-0.05, 0) is 24.1 Å². The van der Waals surface area contributed by atoms with Crippen molar-refractivity contribution in [3.05, 3.63) is 29.8 Å². The summed E-state index contributed by atoms with van der Waals surface area (Å²) in [6, 6.07) is 8.02. The van der Waals surface area contributed by atoms with Crippen LogP contribution in [0.1, 0.15) is 12.5 Å². The summed E-state index contributed by atoms with van der Waals surface area (Å²) in [5.41, 5.74) is 1.28. The number of rotatable bonds is 3. The monoisotopic (exact) mass is 239 g/mol. The van der Waals surface area contributed by atoms with Crippen molar-refractivity contribution in [3.63, 3.8) is 0 Å². The van der Waals surface area contributed by atoms with Gasteiger partial charge in [-0.25, -0.2) is 8.51 Å². The summed E-state index contributed by atoms with van der Waals surface area (Å²) >= 11 is 0. The Labute approximate surface area is 99.0 Å². The number of hydrogen-bond donors (Lipinski definition) is 0. The van der Waals surface area contributed by atoms with Crippen LogP contribution in [0.15, 0.2) is 29.2 Å². The molecule has 0 aliphatic carbocycles. The molecule has 0 radical (unpaired) electrons. The Morgan fingerprint density at radius 3 is 2.44 bits per heavy atom. The standard InChI is InChI=1S/C12H17NO2S/c1-2-11-3-5-12(6-4-11)16(14)13-7-9-15-10-8-13/h3-6H,2,7-10H2,1H3. The van der Waals surface area contributed by atoms with Crippen LogP contribution in [-0.2, 0) is 22.1 Å². The minimum atomic E-state index is -1.03. The third-order valence-electron chi connectivity index (χ3n) is 2.74. The smallest absolute Gasteiger partial charge is 0.127 e. The summed E-state index contributed by atoms with van der Waals surface area (Å²) in [5.74, 6) is 0. The molecule has 0 bridgehead atoms. The lowest BCUT2D eigenvalue weighted by Crippen LogP contribution is -2.37. The molecule has 1 fully saturated rings. The van der Waals surface area contributed by atoms with Gasteiger partial charge in [-0.15, -0.1) is 0 Å². The van der Waals surface area contributed by atoms with Gasteiger partial charge in [0.2, 0.25) is 0 Å². The van der Waals surface area contributed by atoms with E-state index in [1.54, 1.807) is 0 Å². The fourth-order valence-corrected chi connectivity index (χ4v) is 2.85. The van der Waals surface area contributed by atoms with E-state index in [1.807, 2.05) is 28.6 Å². The molecule has 0 spiro atoms. The van der Waals surface area contributed by atoms with Crippen molar-refractivity contribution in [2.75, 3.05) is 26.3 Å². The van der Waals surface area contributed by atoms with E-state index in [4.69, 9.17) is 4.74 Å². The van der Waals surface area contributed by atoms with E-state index in [0.29, 0.717) is 13.2 Å². The molecule has 1 aliphatic heterocycles. The van der Waals surface area contributed by atoms with Gasteiger partial charge in [-0.2, -0.15) is 0 Å². The molecule has 1 aromatic rings. The maximum Gasteiger partial charge on any atom is 0.127 e. The van der Waals surface area contributed by atoms with E-state index in [1.165, 1.54) is 5.56 Å². The lowest BCUT2D eigenvalue weighted by molar-refractivity contribution is 0.0752. The summed E-state index contributed by atoms with van der Waals surface area (Å²) in [6.45, 7) is 4.98. The number of morpholine rings is 1. The van der Waals surface area contributed by atoms with Crippen LogP contribution in [0.2, 0.25) is 0 Å². The molecule has 0 aromatic heterocycles. The topological polar surface area (TPSA) is 29.5 Å². The van der Waals surface area contributed by atoms with Crippen molar-refractivity contribution in [3.8, 4) is 0 Å². The maximum absolute atomic E-state index is 12.2. The maximum atomic E-state index is 12.2. The SMILES string of the molecule is CCc1ccc(S(=O)N2CCOCC2)cc1. The van der Waals surface area contributed by atoms with Gasteiger partial charge in [0.15, 0.2) is 0 Å². The quantitative estimate of drug-likeness (QED) is 0.802. The number of ether oxygens (including phenoxy) is 1. The summed E-state index contributed by atoms with van der Waals surface area (Å²) in [7, 11) is -1.03. The predicted molar refractivity (Wildman–Crippen MR) is 64.6 cm³/mol. The molecule has 1 saturated heterocycles. The number of hydrogen-bond acceptors (Lipinski definition) is 2. The molecule has 16 heavy (non-hydrogen) atoms. The van der Waals surface area contributed by atoms with Gasteiger partial charge in [0.1, 0.15) is 11.0 Å². The number of benzene rings is 1. The molecule has 1 aromatic carbocycles. The zero-order valence-electron chi connectivity index (χ0n) is 9.52. The second-order valence-electron chi connectivity index (χ2n) is 3.79. The minimum Gasteiger partial charge on any atom is -0.379 e. The highest BCUT2D eigenvalue weighted by molar-refractivity contribution is 7.82. The summed E-state index contributed by atoms with van der Waals surface area (Å²) in [5, 5.41) is 0. The number of nitrogens with zero attached hydrogens (tertiary/aromatic N) is 1. The van der Waals surface area contributed by atoms with Crippen LogP contribution < -0.4 is 0 Å². The molecule has 0 amide bonds. The van der Waals surface area contributed by atoms with Gasteiger partial charge in [-0.1, -0.05) is 19.1 Å². The Morgan fingerprint density at radius 2 is 1.88 bits per heavy atom. The average molecular weight is 239 g/mol. The van der Waals surface area contributed by atoms with Crippen LogP contribution in [0.25, 0.3) is 0 Å². The fourth-order valence-electron chi connectivity index (χ4n) is 1.70. The summed E-state index contributed by atoms with van der Waals surface area (Å²) in [6.07, 6.45) is 1.02. The first-order valence-electron chi connectivity index (χ1n) is 5.65. The van der Waals surface area contributed by atoms with Gasteiger partial charge >= 0.3 is 0 Å². The zero-order valence-corrected chi connectivity index (χ0v) is 10.3. The lowest BCUT2D eigenvalue weighted by Gasteiger charge is -2.25. The van der Waals surface area contributed by atoms with Crippen LogP contribution in [-0.4, -0.2) is 34.8 Å². The van der Waals surface area contributed by atoms with Gasteiger partial charge < -0.3 is 4.74 Å². The molecule has 1 aliphatic rings. The van der Waals surface area contributed by atoms with E-state index in [2.05, 4.69) is 6.92 Å². The molecule has 1 unspecified atom stereocenters. The van der Waals surface area contributed by atoms with Gasteiger partial charge in [0.05, 0.1) is 18.1 Å². The van der Waals surface area contributed by atoms with Gasteiger partial charge in [-0.3, -0.25) is 0 Å². The third kappa shape index (κ3) is 2.70. The Bertz CT molecular complexity index is 358. The Morgan fingerprint density at radius 1 is 1.25 bits per heavy atom. The van der Waals surface area contributed by atoms with Crippen LogP contribution >= 0.6 is 0 Å². The predicted octanol–water partition coefficient (Wildman–Crippen LogP) is 1.60.